The number of rotatable bonds is 12. The SMILES string of the molecule is COc1ccc(C(OC[C@H]2O[C@@H](n3cnc4c(NC(=O)c5ccccc5)ncnc43)C[C@@H]2SC(=O)c2ccccc2)(c2ccccc2)c2ccccc2)cc1. The minimum Gasteiger partial charge on any atom is -0.497 e. The summed E-state index contributed by atoms with van der Waals surface area (Å²) in [6.07, 6.45) is 2.43. The molecule has 274 valence electrons. The first kappa shape index (κ1) is 35.9. The zero-order valence-electron chi connectivity index (χ0n) is 29.9. The largest absolute Gasteiger partial charge is 0.497 e. The highest BCUT2D eigenvalue weighted by atomic mass is 32.2. The van der Waals surface area contributed by atoms with Gasteiger partial charge in [-0.3, -0.25) is 14.2 Å². The number of anilines is 1. The Kier molecular flexibility index (Phi) is 10.5. The van der Waals surface area contributed by atoms with Gasteiger partial charge in [-0.1, -0.05) is 133 Å². The Hall–Kier alpha value is -6.14. The van der Waals surface area contributed by atoms with Crippen molar-refractivity contribution in [2.24, 2.45) is 0 Å². The van der Waals surface area contributed by atoms with E-state index in [4.69, 9.17) is 14.2 Å². The lowest BCUT2D eigenvalue weighted by Gasteiger charge is -2.37. The van der Waals surface area contributed by atoms with Gasteiger partial charge in [0.2, 0.25) is 5.12 Å². The second-order valence-corrected chi connectivity index (χ2v) is 14.2. The molecule has 0 radical (unpaired) electrons. The number of benzene rings is 5. The molecule has 3 atom stereocenters. The molecular formula is C44H37N5O5S. The zero-order chi connectivity index (χ0) is 37.6. The Morgan fingerprint density at radius 1 is 0.764 bits per heavy atom. The number of imidazole rings is 1. The van der Waals surface area contributed by atoms with E-state index in [-0.39, 0.29) is 28.7 Å². The van der Waals surface area contributed by atoms with E-state index in [1.807, 2.05) is 102 Å². The Morgan fingerprint density at radius 3 is 1.96 bits per heavy atom. The van der Waals surface area contributed by atoms with Gasteiger partial charge in [0.05, 0.1) is 26.1 Å². The van der Waals surface area contributed by atoms with Gasteiger partial charge < -0.3 is 19.5 Å². The fraction of sp³-hybridized carbons (Fsp3) is 0.159. The van der Waals surface area contributed by atoms with E-state index in [0.717, 1.165) is 22.4 Å². The van der Waals surface area contributed by atoms with Gasteiger partial charge in [-0.15, -0.1) is 0 Å². The van der Waals surface area contributed by atoms with E-state index in [2.05, 4.69) is 44.5 Å². The minimum absolute atomic E-state index is 0.0592. The van der Waals surface area contributed by atoms with Gasteiger partial charge >= 0.3 is 0 Å². The average molecular weight is 748 g/mol. The van der Waals surface area contributed by atoms with Gasteiger partial charge in [0.25, 0.3) is 5.91 Å². The number of amides is 1. The Bertz CT molecular complexity index is 2340. The highest BCUT2D eigenvalue weighted by Crippen LogP contribution is 2.44. The summed E-state index contributed by atoms with van der Waals surface area (Å²) in [6, 6.07) is 46.3. The molecule has 3 heterocycles. The summed E-state index contributed by atoms with van der Waals surface area (Å²) in [5.74, 6) is 0.712. The maximum absolute atomic E-state index is 13.7. The fourth-order valence-electron chi connectivity index (χ4n) is 6.98. The number of carbonyl (C=O) groups is 2. The maximum Gasteiger partial charge on any atom is 0.256 e. The predicted octanol–water partition coefficient (Wildman–Crippen LogP) is 8.33. The summed E-state index contributed by atoms with van der Waals surface area (Å²) >= 11 is 1.24. The molecule has 5 aromatic carbocycles. The standard InChI is InChI=1S/C44H37N5O5S/c1-52-35-24-22-34(23-25-35)44(32-18-10-4-11-19-32,33-20-12-5-13-21-33)53-27-36-37(55-43(51)31-16-8-3-9-17-31)26-38(54-36)49-29-47-39-40(45-28-46-41(39)49)48-42(50)30-14-6-2-7-15-30/h2-25,28-29,36-38H,26-27H2,1H3,(H,45,46,48,50)/t36-,37+,38-/m1/s1. The number of carbonyl (C=O) groups excluding carboxylic acids is 2. The first-order chi connectivity index (χ1) is 27.0. The Balaban J connectivity index is 1.14. The molecule has 0 saturated carbocycles. The summed E-state index contributed by atoms with van der Waals surface area (Å²) in [5.41, 5.74) is 3.77. The van der Waals surface area contributed by atoms with Crippen LogP contribution in [0, 0.1) is 0 Å². The normalized spacial score (nSPS) is 16.9. The number of hydrogen-bond donors (Lipinski definition) is 1. The van der Waals surface area contributed by atoms with Crippen LogP contribution in [0.4, 0.5) is 5.82 Å². The molecule has 0 bridgehead atoms. The molecule has 1 saturated heterocycles. The summed E-state index contributed by atoms with van der Waals surface area (Å²) in [7, 11) is 1.65. The quantitative estimate of drug-likeness (QED) is 0.123. The second kappa shape index (κ2) is 16.1. The molecule has 1 N–H and O–H groups in total. The molecule has 10 nitrogen and oxygen atoms in total. The third-order valence-corrected chi connectivity index (χ3v) is 11.0. The van der Waals surface area contributed by atoms with Gasteiger partial charge in [0.1, 0.15) is 23.9 Å². The number of ether oxygens (including phenoxy) is 3. The molecule has 11 heteroatoms. The van der Waals surface area contributed by atoms with Crippen LogP contribution in [-0.2, 0) is 15.1 Å². The predicted molar refractivity (Wildman–Crippen MR) is 212 cm³/mol. The van der Waals surface area contributed by atoms with Crippen LogP contribution in [0.5, 0.6) is 5.75 Å². The molecule has 1 aliphatic heterocycles. The van der Waals surface area contributed by atoms with Crippen molar-refractivity contribution in [2.75, 3.05) is 19.0 Å². The van der Waals surface area contributed by atoms with Gasteiger partial charge in [-0.05, 0) is 41.0 Å². The average Bonchev–Trinajstić information content (AvgIpc) is 3.87. The molecule has 0 aliphatic carbocycles. The van der Waals surface area contributed by atoms with E-state index >= 15 is 0 Å². The third kappa shape index (κ3) is 7.37. The van der Waals surface area contributed by atoms with E-state index in [1.165, 1.54) is 18.1 Å². The highest BCUT2D eigenvalue weighted by Gasteiger charge is 2.43. The van der Waals surface area contributed by atoms with Crippen molar-refractivity contribution in [1.29, 1.82) is 0 Å². The van der Waals surface area contributed by atoms with Crippen molar-refractivity contribution in [1.82, 2.24) is 19.5 Å². The van der Waals surface area contributed by atoms with Crippen molar-refractivity contribution in [3.05, 3.63) is 186 Å². The van der Waals surface area contributed by atoms with E-state index < -0.39 is 17.9 Å². The van der Waals surface area contributed by atoms with Crippen molar-refractivity contribution < 1.29 is 23.8 Å². The molecule has 2 aromatic heterocycles. The monoisotopic (exact) mass is 747 g/mol. The summed E-state index contributed by atoms with van der Waals surface area (Å²) in [6.45, 7) is 0.145. The van der Waals surface area contributed by atoms with Gasteiger partial charge in [-0.25, -0.2) is 15.0 Å². The van der Waals surface area contributed by atoms with E-state index in [0.29, 0.717) is 28.7 Å². The van der Waals surface area contributed by atoms with Crippen LogP contribution >= 0.6 is 11.8 Å². The van der Waals surface area contributed by atoms with Crippen LogP contribution in [0.3, 0.4) is 0 Å². The molecule has 0 spiro atoms. The van der Waals surface area contributed by atoms with E-state index in [1.54, 1.807) is 37.7 Å². The zero-order valence-corrected chi connectivity index (χ0v) is 30.7. The molecule has 1 amide bonds. The molecule has 0 unspecified atom stereocenters. The lowest BCUT2D eigenvalue weighted by molar-refractivity contribution is -0.0747. The second-order valence-electron chi connectivity index (χ2n) is 13.0. The molecule has 1 aliphatic rings. The van der Waals surface area contributed by atoms with Crippen LogP contribution in [0.15, 0.2) is 158 Å². The minimum atomic E-state index is -1.03. The van der Waals surface area contributed by atoms with E-state index in [9.17, 15) is 9.59 Å². The number of thioether (sulfide) groups is 1. The molecule has 7 aromatic rings. The first-order valence-electron chi connectivity index (χ1n) is 17.9. The van der Waals surface area contributed by atoms with Gasteiger partial charge in [0, 0.05) is 22.8 Å². The van der Waals surface area contributed by atoms with Crippen molar-refractivity contribution in [2.45, 2.75) is 29.6 Å². The van der Waals surface area contributed by atoms with Crippen LogP contribution in [0.2, 0.25) is 0 Å². The Labute approximate surface area is 322 Å². The topological polar surface area (TPSA) is 117 Å². The summed E-state index contributed by atoms with van der Waals surface area (Å²) in [5, 5.41) is 2.52. The summed E-state index contributed by atoms with van der Waals surface area (Å²) in [4.78, 5) is 40.2. The smallest absolute Gasteiger partial charge is 0.256 e. The summed E-state index contributed by atoms with van der Waals surface area (Å²) < 4.78 is 21.4. The number of hydrogen-bond acceptors (Lipinski definition) is 9. The molecule has 1 fully saturated rings. The Morgan fingerprint density at radius 2 is 1.35 bits per heavy atom. The molecule has 8 rings (SSSR count). The highest BCUT2D eigenvalue weighted by molar-refractivity contribution is 8.14. The molecular weight excluding hydrogens is 711 g/mol. The van der Waals surface area contributed by atoms with Gasteiger partial charge in [-0.2, -0.15) is 0 Å². The van der Waals surface area contributed by atoms with Crippen LogP contribution in [0.1, 0.15) is 50.1 Å². The van der Waals surface area contributed by atoms with Crippen molar-refractivity contribution in [3.63, 3.8) is 0 Å². The number of fused-ring (bicyclic) bond motifs is 1. The third-order valence-electron chi connectivity index (χ3n) is 9.71. The number of methoxy groups -OCH3 is 1. The number of nitrogens with zero attached hydrogens (tertiary/aromatic N) is 4. The lowest BCUT2D eigenvalue weighted by Crippen LogP contribution is -2.37. The van der Waals surface area contributed by atoms with Crippen LogP contribution in [-0.4, -0.2) is 55.6 Å². The first-order valence-corrected chi connectivity index (χ1v) is 18.8. The van der Waals surface area contributed by atoms with Crippen LogP contribution < -0.4 is 10.1 Å². The van der Waals surface area contributed by atoms with Crippen molar-refractivity contribution >= 4 is 39.8 Å². The number of aromatic nitrogens is 4. The van der Waals surface area contributed by atoms with Crippen molar-refractivity contribution in [3.8, 4) is 5.75 Å². The fourth-order valence-corrected chi connectivity index (χ4v) is 8.08. The van der Waals surface area contributed by atoms with Crippen LogP contribution in [0.25, 0.3) is 11.2 Å². The molecule has 55 heavy (non-hydrogen) atoms. The van der Waals surface area contributed by atoms with Gasteiger partial charge in [0.15, 0.2) is 17.0 Å². The lowest BCUT2D eigenvalue weighted by atomic mass is 9.80. The maximum atomic E-state index is 13.7. The number of nitrogens with one attached hydrogen (secondary N) is 1.